The van der Waals surface area contributed by atoms with Gasteiger partial charge in [0.15, 0.2) is 0 Å². The lowest BCUT2D eigenvalue weighted by atomic mass is 10.00. The SMILES string of the molecule is Cc1cccc(-c2ccc3c(c2)oc2c3ccc3c2ccc2c4ccc(-c5cccc(C)c5)cc4oc23)c1. The van der Waals surface area contributed by atoms with Crippen LogP contribution >= 0.6 is 0 Å². The first-order valence-corrected chi connectivity index (χ1v) is 13.0. The van der Waals surface area contributed by atoms with Crippen molar-refractivity contribution in [3.05, 3.63) is 120 Å². The Morgan fingerprint density at radius 1 is 0.368 bits per heavy atom. The molecule has 0 radical (unpaired) electrons. The lowest BCUT2D eigenvalue weighted by Crippen LogP contribution is -1.79. The quantitative estimate of drug-likeness (QED) is 0.242. The van der Waals surface area contributed by atoms with Gasteiger partial charge in [0.2, 0.25) is 0 Å². The third-order valence-corrected chi connectivity index (χ3v) is 7.77. The van der Waals surface area contributed by atoms with Crippen LogP contribution in [0.4, 0.5) is 0 Å². The molecular formula is C36H24O2. The van der Waals surface area contributed by atoms with Gasteiger partial charge in [-0.2, -0.15) is 0 Å². The molecule has 8 rings (SSSR count). The van der Waals surface area contributed by atoms with Gasteiger partial charge in [-0.15, -0.1) is 0 Å². The molecule has 0 N–H and O–H groups in total. The number of benzene rings is 6. The number of hydrogen-bond donors (Lipinski definition) is 0. The first-order valence-electron chi connectivity index (χ1n) is 13.0. The van der Waals surface area contributed by atoms with E-state index in [0.29, 0.717) is 0 Å². The molecule has 0 spiro atoms. The molecule has 2 nitrogen and oxygen atoms in total. The molecule has 0 aliphatic carbocycles. The van der Waals surface area contributed by atoms with E-state index in [4.69, 9.17) is 8.83 Å². The van der Waals surface area contributed by atoms with Crippen LogP contribution < -0.4 is 0 Å². The summed E-state index contributed by atoms with van der Waals surface area (Å²) in [5, 5.41) is 6.65. The number of fused-ring (bicyclic) bond motifs is 9. The minimum absolute atomic E-state index is 0.902. The van der Waals surface area contributed by atoms with Gasteiger partial charge in [-0.3, -0.25) is 0 Å². The van der Waals surface area contributed by atoms with E-state index >= 15 is 0 Å². The molecule has 0 unspecified atom stereocenters. The van der Waals surface area contributed by atoms with Crippen molar-refractivity contribution < 1.29 is 8.83 Å². The van der Waals surface area contributed by atoms with Gasteiger partial charge in [0.25, 0.3) is 0 Å². The molecular weight excluding hydrogens is 464 g/mol. The topological polar surface area (TPSA) is 26.3 Å². The molecule has 2 heterocycles. The van der Waals surface area contributed by atoms with E-state index in [1.54, 1.807) is 0 Å². The van der Waals surface area contributed by atoms with Gasteiger partial charge >= 0.3 is 0 Å². The van der Waals surface area contributed by atoms with Gasteiger partial charge < -0.3 is 8.83 Å². The lowest BCUT2D eigenvalue weighted by Gasteiger charge is -2.02. The van der Waals surface area contributed by atoms with E-state index in [9.17, 15) is 0 Å². The normalized spacial score (nSPS) is 11.9. The molecule has 2 heteroatoms. The Morgan fingerprint density at radius 3 is 1.16 bits per heavy atom. The summed E-state index contributed by atoms with van der Waals surface area (Å²) >= 11 is 0. The predicted molar refractivity (Wildman–Crippen MR) is 159 cm³/mol. The third kappa shape index (κ3) is 3.13. The summed E-state index contributed by atoms with van der Waals surface area (Å²) in [6.45, 7) is 4.25. The smallest absolute Gasteiger partial charge is 0.143 e. The fourth-order valence-electron chi connectivity index (χ4n) is 5.88. The molecule has 0 atom stereocenters. The summed E-state index contributed by atoms with van der Waals surface area (Å²) in [6, 6.07) is 38.9. The first-order chi connectivity index (χ1) is 18.6. The lowest BCUT2D eigenvalue weighted by molar-refractivity contribution is 0.669. The summed E-state index contributed by atoms with van der Waals surface area (Å²) in [5.41, 5.74) is 10.8. The van der Waals surface area contributed by atoms with Gasteiger partial charge in [0, 0.05) is 32.3 Å². The molecule has 0 bridgehead atoms. The molecule has 0 saturated carbocycles. The van der Waals surface area contributed by atoms with Crippen LogP contribution in [0.2, 0.25) is 0 Å². The number of hydrogen-bond acceptors (Lipinski definition) is 2. The highest BCUT2D eigenvalue weighted by Gasteiger charge is 2.16. The zero-order valence-electron chi connectivity index (χ0n) is 21.2. The Morgan fingerprint density at radius 2 is 0.737 bits per heavy atom. The first kappa shape index (κ1) is 21.3. The van der Waals surface area contributed by atoms with Crippen molar-refractivity contribution in [2.24, 2.45) is 0 Å². The van der Waals surface area contributed by atoms with Crippen molar-refractivity contribution in [3.63, 3.8) is 0 Å². The Balaban J connectivity index is 1.32. The summed E-state index contributed by atoms with van der Waals surface area (Å²) in [6.07, 6.45) is 0. The van der Waals surface area contributed by atoms with Crippen molar-refractivity contribution in [1.29, 1.82) is 0 Å². The van der Waals surface area contributed by atoms with Crippen LogP contribution in [0, 0.1) is 13.8 Å². The highest BCUT2D eigenvalue weighted by Crippen LogP contribution is 2.41. The van der Waals surface area contributed by atoms with Crippen molar-refractivity contribution in [2.75, 3.05) is 0 Å². The maximum absolute atomic E-state index is 6.53. The molecule has 8 aromatic rings. The summed E-state index contributed by atoms with van der Waals surface area (Å²) in [7, 11) is 0. The van der Waals surface area contributed by atoms with Crippen LogP contribution in [0.1, 0.15) is 11.1 Å². The maximum atomic E-state index is 6.53. The van der Waals surface area contributed by atoms with Gasteiger partial charge in [-0.25, -0.2) is 0 Å². The number of aryl methyl sites for hydroxylation is 2. The Bertz CT molecular complexity index is 2050. The standard InChI is InChI=1S/C36H24O2/c1-21-5-3-7-23(17-21)25-9-11-27-29-13-15-32-31(35(29)37-33(27)19-25)16-14-30-28-12-10-26(20-34(28)38-36(30)32)24-8-4-6-22(2)18-24/h3-20H,1-2H3. The third-order valence-electron chi connectivity index (χ3n) is 7.77. The van der Waals surface area contributed by atoms with E-state index in [2.05, 4.69) is 123 Å². The second kappa shape index (κ2) is 7.84. The van der Waals surface area contributed by atoms with Gasteiger partial charge in [-0.05, 0) is 84.6 Å². The molecule has 180 valence electrons. The average molecular weight is 489 g/mol. The molecule has 38 heavy (non-hydrogen) atoms. The number of furan rings is 2. The Kier molecular flexibility index (Phi) is 4.39. The van der Waals surface area contributed by atoms with E-state index < -0.39 is 0 Å². The average Bonchev–Trinajstić information content (AvgIpc) is 3.50. The highest BCUT2D eigenvalue weighted by atomic mass is 16.3. The molecule has 0 saturated heterocycles. The van der Waals surface area contributed by atoms with Crippen molar-refractivity contribution >= 4 is 54.6 Å². The van der Waals surface area contributed by atoms with Crippen LogP contribution in [-0.4, -0.2) is 0 Å². The Hall–Kier alpha value is -4.82. The molecule has 0 amide bonds. The monoisotopic (exact) mass is 488 g/mol. The maximum Gasteiger partial charge on any atom is 0.143 e. The molecule has 0 fully saturated rings. The van der Waals surface area contributed by atoms with Gasteiger partial charge in [0.05, 0.1) is 0 Å². The fourth-order valence-corrected chi connectivity index (χ4v) is 5.88. The zero-order valence-corrected chi connectivity index (χ0v) is 21.2. The molecule has 0 aliphatic rings. The zero-order chi connectivity index (χ0) is 25.4. The molecule has 6 aromatic carbocycles. The van der Waals surface area contributed by atoms with Gasteiger partial charge in [-0.1, -0.05) is 71.8 Å². The largest absolute Gasteiger partial charge is 0.455 e. The van der Waals surface area contributed by atoms with Crippen molar-refractivity contribution in [2.45, 2.75) is 13.8 Å². The molecule has 0 aliphatic heterocycles. The van der Waals surface area contributed by atoms with Crippen LogP contribution in [0.5, 0.6) is 0 Å². The summed E-state index contributed by atoms with van der Waals surface area (Å²) in [5.74, 6) is 0. The highest BCUT2D eigenvalue weighted by molar-refractivity contribution is 6.22. The van der Waals surface area contributed by atoms with Crippen LogP contribution in [-0.2, 0) is 0 Å². The van der Waals surface area contributed by atoms with Crippen LogP contribution in [0.25, 0.3) is 76.9 Å². The summed E-state index contributed by atoms with van der Waals surface area (Å²) < 4.78 is 13.1. The van der Waals surface area contributed by atoms with E-state index in [-0.39, 0.29) is 0 Å². The van der Waals surface area contributed by atoms with Crippen LogP contribution in [0.3, 0.4) is 0 Å². The van der Waals surface area contributed by atoms with Crippen molar-refractivity contribution in [1.82, 2.24) is 0 Å². The van der Waals surface area contributed by atoms with E-state index in [1.165, 1.54) is 22.3 Å². The molecule has 2 aromatic heterocycles. The minimum Gasteiger partial charge on any atom is -0.455 e. The van der Waals surface area contributed by atoms with E-state index in [0.717, 1.165) is 65.8 Å². The second-order valence-electron chi connectivity index (χ2n) is 10.3. The van der Waals surface area contributed by atoms with Crippen LogP contribution in [0.15, 0.2) is 118 Å². The van der Waals surface area contributed by atoms with Crippen molar-refractivity contribution in [3.8, 4) is 22.3 Å². The second-order valence-corrected chi connectivity index (χ2v) is 10.3. The number of rotatable bonds is 2. The predicted octanol–water partition coefficient (Wildman–Crippen LogP) is 10.6. The Labute approximate surface area is 219 Å². The summed E-state index contributed by atoms with van der Waals surface area (Å²) in [4.78, 5) is 0. The minimum atomic E-state index is 0.902. The van der Waals surface area contributed by atoms with E-state index in [1.807, 2.05) is 0 Å². The fraction of sp³-hybridized carbons (Fsp3) is 0.0556. The van der Waals surface area contributed by atoms with Gasteiger partial charge in [0.1, 0.15) is 22.3 Å².